The number of hydrogen-bond donors (Lipinski definition) is 0. The summed E-state index contributed by atoms with van der Waals surface area (Å²) >= 11 is 1.50. The number of anilines is 1. The van der Waals surface area contributed by atoms with Crippen molar-refractivity contribution in [1.82, 2.24) is 4.98 Å². The quantitative estimate of drug-likeness (QED) is 0.786. The van der Waals surface area contributed by atoms with Crippen LogP contribution in [-0.4, -0.2) is 37.6 Å². The lowest BCUT2D eigenvalue weighted by atomic mass is 9.96. The van der Waals surface area contributed by atoms with Gasteiger partial charge in [-0.05, 0) is 18.8 Å². The van der Waals surface area contributed by atoms with E-state index in [1.165, 1.54) is 11.3 Å². The lowest BCUT2D eigenvalue weighted by Crippen LogP contribution is -2.43. The predicted octanol–water partition coefficient (Wildman–Crippen LogP) is 2.38. The monoisotopic (exact) mass is 268 g/mol. The van der Waals surface area contributed by atoms with Crippen LogP contribution in [0.25, 0.3) is 0 Å². The first-order valence-electron chi connectivity index (χ1n) is 6.42. The molecule has 2 unspecified atom stereocenters. The Morgan fingerprint density at radius 2 is 2.39 bits per heavy atom. The first-order chi connectivity index (χ1) is 8.69. The van der Waals surface area contributed by atoms with Gasteiger partial charge in [0.1, 0.15) is 0 Å². The van der Waals surface area contributed by atoms with Crippen LogP contribution in [0.15, 0.2) is 0 Å². The van der Waals surface area contributed by atoms with Crippen molar-refractivity contribution < 1.29 is 9.53 Å². The Bertz CT molecular complexity index is 419. The van der Waals surface area contributed by atoms with E-state index < -0.39 is 0 Å². The van der Waals surface area contributed by atoms with Gasteiger partial charge in [-0.2, -0.15) is 0 Å². The zero-order valence-corrected chi connectivity index (χ0v) is 12.0. The van der Waals surface area contributed by atoms with Crippen LogP contribution < -0.4 is 4.90 Å². The normalized spacial score (nSPS) is 24.3. The fourth-order valence-electron chi connectivity index (χ4n) is 2.35. The topological polar surface area (TPSA) is 42.4 Å². The molecule has 0 spiro atoms. The molecule has 2 rings (SSSR count). The molecule has 2 atom stereocenters. The van der Waals surface area contributed by atoms with E-state index in [0.29, 0.717) is 5.92 Å². The number of carbonyl (C=O) groups is 1. The van der Waals surface area contributed by atoms with E-state index >= 15 is 0 Å². The Balaban J connectivity index is 2.16. The van der Waals surface area contributed by atoms with Crippen molar-refractivity contribution in [2.24, 2.45) is 5.92 Å². The van der Waals surface area contributed by atoms with E-state index in [1.807, 2.05) is 6.92 Å². The molecule has 1 saturated heterocycles. The summed E-state index contributed by atoms with van der Waals surface area (Å²) in [6.07, 6.45) is 3.09. The molecule has 1 aliphatic rings. The van der Waals surface area contributed by atoms with E-state index in [9.17, 15) is 4.79 Å². The molecular formula is C13H20N2O2S. The molecule has 5 heteroatoms. The van der Waals surface area contributed by atoms with E-state index in [4.69, 9.17) is 4.74 Å². The van der Waals surface area contributed by atoms with Gasteiger partial charge in [0.15, 0.2) is 11.4 Å². The zero-order chi connectivity index (χ0) is 13.1. The molecule has 0 radical (unpaired) electrons. The highest BCUT2D eigenvalue weighted by Gasteiger charge is 2.28. The van der Waals surface area contributed by atoms with Gasteiger partial charge in [-0.15, -0.1) is 0 Å². The Morgan fingerprint density at radius 3 is 2.94 bits per heavy atom. The molecule has 0 N–H and O–H groups in total. The minimum atomic E-state index is 0.257. The third-order valence-corrected chi connectivity index (χ3v) is 4.70. The first kappa shape index (κ1) is 13.5. The minimum Gasteiger partial charge on any atom is -0.379 e. The highest BCUT2D eigenvalue weighted by molar-refractivity contribution is 7.17. The maximum absolute atomic E-state index is 11.0. The number of ether oxygens (including phenoxy) is 1. The van der Waals surface area contributed by atoms with E-state index in [0.717, 1.165) is 47.9 Å². The van der Waals surface area contributed by atoms with Crippen LogP contribution in [0.2, 0.25) is 0 Å². The summed E-state index contributed by atoms with van der Waals surface area (Å²) in [5.74, 6) is 0.586. The highest BCUT2D eigenvalue weighted by Crippen LogP contribution is 2.30. The molecule has 0 saturated carbocycles. The molecule has 1 aromatic rings. The molecule has 100 valence electrons. The third-order valence-electron chi connectivity index (χ3n) is 3.62. The Labute approximate surface area is 112 Å². The van der Waals surface area contributed by atoms with Crippen LogP contribution >= 0.6 is 11.3 Å². The molecule has 18 heavy (non-hydrogen) atoms. The SMILES string of the molecule is CCc1nc(N2CCC(C)C(OC)C2)sc1C=O. The molecular weight excluding hydrogens is 248 g/mol. The second-order valence-corrected chi connectivity index (χ2v) is 5.77. The lowest BCUT2D eigenvalue weighted by molar-refractivity contribution is 0.0498. The number of thiazole rings is 1. The van der Waals surface area contributed by atoms with Crippen LogP contribution in [0.1, 0.15) is 35.6 Å². The zero-order valence-electron chi connectivity index (χ0n) is 11.2. The lowest BCUT2D eigenvalue weighted by Gasteiger charge is -2.36. The van der Waals surface area contributed by atoms with E-state index in [2.05, 4.69) is 16.8 Å². The fourth-order valence-corrected chi connectivity index (χ4v) is 3.35. The number of hydrogen-bond acceptors (Lipinski definition) is 5. The van der Waals surface area contributed by atoms with Crippen LogP contribution in [0.5, 0.6) is 0 Å². The van der Waals surface area contributed by atoms with Crippen LogP contribution in [0.3, 0.4) is 0 Å². The molecule has 2 heterocycles. The Hall–Kier alpha value is -0.940. The van der Waals surface area contributed by atoms with Gasteiger partial charge >= 0.3 is 0 Å². The number of methoxy groups -OCH3 is 1. The standard InChI is InChI=1S/C13H20N2O2S/c1-4-10-12(8-16)18-13(14-10)15-6-5-9(2)11(7-15)17-3/h8-9,11H,4-7H2,1-3H3. The number of aldehydes is 1. The third kappa shape index (κ3) is 2.57. The van der Waals surface area contributed by atoms with Gasteiger partial charge in [0.25, 0.3) is 0 Å². The smallest absolute Gasteiger partial charge is 0.186 e. The van der Waals surface area contributed by atoms with Gasteiger partial charge in [0.05, 0.1) is 16.7 Å². The molecule has 0 aromatic carbocycles. The van der Waals surface area contributed by atoms with Crippen LogP contribution in [0.4, 0.5) is 5.13 Å². The molecule has 1 aliphatic heterocycles. The average molecular weight is 268 g/mol. The van der Waals surface area contributed by atoms with Crippen molar-refractivity contribution in [3.05, 3.63) is 10.6 Å². The van der Waals surface area contributed by atoms with Crippen molar-refractivity contribution in [3.63, 3.8) is 0 Å². The van der Waals surface area contributed by atoms with Crippen molar-refractivity contribution >= 4 is 22.8 Å². The van der Waals surface area contributed by atoms with Gasteiger partial charge < -0.3 is 9.64 Å². The highest BCUT2D eigenvalue weighted by atomic mass is 32.1. The van der Waals surface area contributed by atoms with E-state index in [-0.39, 0.29) is 6.10 Å². The number of nitrogens with zero attached hydrogens (tertiary/aromatic N) is 2. The second-order valence-electron chi connectivity index (χ2n) is 4.76. The number of rotatable bonds is 4. The summed E-state index contributed by atoms with van der Waals surface area (Å²) in [6, 6.07) is 0. The maximum Gasteiger partial charge on any atom is 0.186 e. The van der Waals surface area contributed by atoms with Gasteiger partial charge in [-0.3, -0.25) is 4.79 Å². The molecule has 0 bridgehead atoms. The molecule has 0 aliphatic carbocycles. The summed E-state index contributed by atoms with van der Waals surface area (Å²) in [5, 5.41) is 0.961. The van der Waals surface area contributed by atoms with Crippen LogP contribution in [-0.2, 0) is 11.2 Å². The number of carbonyl (C=O) groups excluding carboxylic acids is 1. The average Bonchev–Trinajstić information content (AvgIpc) is 2.82. The number of aryl methyl sites for hydroxylation is 1. The molecule has 1 fully saturated rings. The van der Waals surface area contributed by atoms with E-state index in [1.54, 1.807) is 7.11 Å². The Kier molecular flexibility index (Phi) is 4.35. The summed E-state index contributed by atoms with van der Waals surface area (Å²) < 4.78 is 5.51. The van der Waals surface area contributed by atoms with Gasteiger partial charge in [-0.1, -0.05) is 25.2 Å². The summed E-state index contributed by atoms with van der Waals surface area (Å²) in [6.45, 7) is 6.12. The molecule has 4 nitrogen and oxygen atoms in total. The predicted molar refractivity (Wildman–Crippen MR) is 73.7 cm³/mol. The molecule has 0 amide bonds. The fraction of sp³-hybridized carbons (Fsp3) is 0.692. The summed E-state index contributed by atoms with van der Waals surface area (Å²) in [4.78, 5) is 18.6. The summed E-state index contributed by atoms with van der Waals surface area (Å²) in [5.41, 5.74) is 0.914. The number of piperidine rings is 1. The number of aromatic nitrogens is 1. The Morgan fingerprint density at radius 1 is 1.61 bits per heavy atom. The second kappa shape index (κ2) is 5.80. The van der Waals surface area contributed by atoms with Crippen molar-refractivity contribution in [2.75, 3.05) is 25.1 Å². The van der Waals surface area contributed by atoms with Gasteiger partial charge in [-0.25, -0.2) is 4.98 Å². The van der Waals surface area contributed by atoms with Crippen molar-refractivity contribution in [3.8, 4) is 0 Å². The summed E-state index contributed by atoms with van der Waals surface area (Å²) in [7, 11) is 1.76. The van der Waals surface area contributed by atoms with Gasteiger partial charge in [0.2, 0.25) is 0 Å². The minimum absolute atomic E-state index is 0.257. The van der Waals surface area contributed by atoms with Crippen molar-refractivity contribution in [1.29, 1.82) is 0 Å². The largest absolute Gasteiger partial charge is 0.379 e. The first-order valence-corrected chi connectivity index (χ1v) is 7.23. The molecule has 1 aromatic heterocycles. The van der Waals surface area contributed by atoms with Crippen LogP contribution in [0, 0.1) is 5.92 Å². The van der Waals surface area contributed by atoms with Gasteiger partial charge in [0, 0.05) is 20.2 Å². The maximum atomic E-state index is 11.0. The van der Waals surface area contributed by atoms with Crippen molar-refractivity contribution in [2.45, 2.75) is 32.8 Å².